The number of unbranched alkanes of at least 4 members (excludes halogenated alkanes) is 7. The van der Waals surface area contributed by atoms with Gasteiger partial charge in [0.15, 0.2) is 0 Å². The fraction of sp³-hybridized carbons (Fsp3) is 0.656. The number of aliphatic carboxylic acids is 3. The van der Waals surface area contributed by atoms with Gasteiger partial charge in [0.2, 0.25) is 5.91 Å². The highest BCUT2D eigenvalue weighted by Crippen LogP contribution is 2.25. The molecule has 0 spiro atoms. The van der Waals surface area contributed by atoms with Crippen molar-refractivity contribution in [3.63, 3.8) is 0 Å². The van der Waals surface area contributed by atoms with Crippen molar-refractivity contribution in [2.24, 2.45) is 0 Å². The lowest BCUT2D eigenvalue weighted by molar-refractivity contribution is -0.145. The average molecular weight is 640 g/mol. The van der Waals surface area contributed by atoms with Crippen molar-refractivity contribution in [3.8, 4) is 0 Å². The smallest absolute Gasteiger partial charge is 0.306 e. The van der Waals surface area contributed by atoms with E-state index in [-0.39, 0.29) is 44.9 Å². The van der Waals surface area contributed by atoms with Gasteiger partial charge >= 0.3 is 23.9 Å². The molecule has 0 saturated carbocycles. The Hall–Kier alpha value is -3.55. The van der Waals surface area contributed by atoms with Crippen LogP contribution >= 0.6 is 0 Å². The van der Waals surface area contributed by atoms with E-state index in [2.05, 4.69) is 5.32 Å². The molecule has 1 aromatic rings. The second-order valence-electron chi connectivity index (χ2n) is 11.2. The third kappa shape index (κ3) is 18.1. The molecular formula is C32H49NO12. The van der Waals surface area contributed by atoms with Crippen LogP contribution < -0.4 is 5.32 Å². The lowest BCUT2D eigenvalue weighted by Crippen LogP contribution is -2.66. The highest BCUT2D eigenvalue weighted by molar-refractivity contribution is 5.77. The van der Waals surface area contributed by atoms with Gasteiger partial charge in [-0.25, -0.2) is 0 Å². The second-order valence-corrected chi connectivity index (χ2v) is 11.2. The summed E-state index contributed by atoms with van der Waals surface area (Å²) in [6.45, 7) is -0.573. The van der Waals surface area contributed by atoms with Crippen LogP contribution in [0.3, 0.4) is 0 Å². The number of rotatable bonds is 27. The van der Waals surface area contributed by atoms with Crippen molar-refractivity contribution in [2.75, 3.05) is 13.2 Å². The zero-order valence-electron chi connectivity index (χ0n) is 25.9. The van der Waals surface area contributed by atoms with Crippen LogP contribution in [0.5, 0.6) is 0 Å². The molecule has 1 amide bonds. The molecule has 2 unspecified atom stereocenters. The van der Waals surface area contributed by atoms with Crippen molar-refractivity contribution in [1.82, 2.24) is 5.32 Å². The van der Waals surface area contributed by atoms with Crippen molar-refractivity contribution >= 4 is 29.8 Å². The summed E-state index contributed by atoms with van der Waals surface area (Å²) in [6, 6.07) is 9.50. The van der Waals surface area contributed by atoms with Gasteiger partial charge in [0, 0.05) is 25.7 Å². The molecule has 0 aliphatic carbocycles. The monoisotopic (exact) mass is 639 g/mol. The number of carboxylic acid groups (broad SMARTS) is 3. The quantitative estimate of drug-likeness (QED) is 0.0603. The number of carbonyl (C=O) groups excluding carboxylic acids is 2. The predicted octanol–water partition coefficient (Wildman–Crippen LogP) is 3.43. The number of carboxylic acids is 3. The average Bonchev–Trinajstić information content (AvgIpc) is 3.00. The number of aliphatic hydroxyl groups is 2. The fourth-order valence-electron chi connectivity index (χ4n) is 4.80. The molecule has 1 rings (SSSR count). The van der Waals surface area contributed by atoms with E-state index < -0.39 is 61.0 Å². The SMILES string of the molecule is O=C(O)CCOCC(NC(=O)CCCCCCCCCCC(=O)OCc1ccccc1)(C(O)CCC(=O)O)C(O)CCC(=O)O. The molecule has 0 fully saturated rings. The molecule has 6 N–H and O–H groups in total. The largest absolute Gasteiger partial charge is 0.481 e. The Morgan fingerprint density at radius 3 is 1.67 bits per heavy atom. The minimum atomic E-state index is -1.94. The molecule has 0 aliphatic rings. The molecule has 0 aromatic heterocycles. The molecule has 45 heavy (non-hydrogen) atoms. The third-order valence-electron chi connectivity index (χ3n) is 7.40. The molecule has 0 heterocycles. The lowest BCUT2D eigenvalue weighted by atomic mass is 9.82. The van der Waals surface area contributed by atoms with Crippen molar-refractivity contribution < 1.29 is 59.0 Å². The number of benzene rings is 1. The number of carbonyl (C=O) groups is 5. The highest BCUT2D eigenvalue weighted by Gasteiger charge is 2.46. The van der Waals surface area contributed by atoms with Gasteiger partial charge in [-0.3, -0.25) is 24.0 Å². The van der Waals surface area contributed by atoms with Gasteiger partial charge in [0.1, 0.15) is 12.1 Å². The van der Waals surface area contributed by atoms with Crippen LogP contribution in [0.2, 0.25) is 0 Å². The summed E-state index contributed by atoms with van der Waals surface area (Å²) < 4.78 is 10.6. The molecule has 1 aromatic carbocycles. The van der Waals surface area contributed by atoms with E-state index in [0.717, 1.165) is 50.5 Å². The molecule has 254 valence electrons. The standard InChI is InChI=1S/C32H49NO12/c34-25(16-18-28(37)38)32(23-44-21-20-30(41)42,26(35)17-19-29(39)40)33-27(36)14-10-5-3-1-2-4-6-11-15-31(43)45-22-24-12-8-7-9-13-24/h7-9,12-13,25-26,34-35H,1-6,10-11,14-23H2,(H,33,36)(H,37,38)(H,39,40)(H,41,42). The first-order valence-electron chi connectivity index (χ1n) is 15.6. The molecule has 0 bridgehead atoms. The number of aliphatic hydroxyl groups excluding tert-OH is 2. The van der Waals surface area contributed by atoms with E-state index in [1.807, 2.05) is 30.3 Å². The van der Waals surface area contributed by atoms with Gasteiger partial charge in [0.25, 0.3) is 0 Å². The van der Waals surface area contributed by atoms with Crippen molar-refractivity contribution in [2.45, 2.75) is 121 Å². The first-order valence-corrected chi connectivity index (χ1v) is 15.6. The molecular weight excluding hydrogens is 590 g/mol. The van der Waals surface area contributed by atoms with E-state index in [1.165, 1.54) is 0 Å². The first kappa shape index (κ1) is 39.5. The number of amides is 1. The van der Waals surface area contributed by atoms with E-state index in [0.29, 0.717) is 12.8 Å². The Balaban J connectivity index is 2.49. The van der Waals surface area contributed by atoms with Crippen molar-refractivity contribution in [3.05, 3.63) is 35.9 Å². The van der Waals surface area contributed by atoms with Crippen LogP contribution in [0.25, 0.3) is 0 Å². The number of nitrogens with one attached hydrogen (secondary N) is 1. The topological polar surface area (TPSA) is 217 Å². The maximum atomic E-state index is 12.9. The van der Waals surface area contributed by atoms with Crippen LogP contribution in [0.4, 0.5) is 0 Å². The minimum Gasteiger partial charge on any atom is -0.481 e. The molecule has 0 aliphatic heterocycles. The maximum Gasteiger partial charge on any atom is 0.306 e. The molecule has 2 atom stereocenters. The Morgan fingerprint density at radius 1 is 0.667 bits per heavy atom. The van der Waals surface area contributed by atoms with Crippen LogP contribution in [0.1, 0.15) is 102 Å². The fourth-order valence-corrected chi connectivity index (χ4v) is 4.80. The van der Waals surface area contributed by atoms with Gasteiger partial charge in [-0.2, -0.15) is 0 Å². The summed E-state index contributed by atoms with van der Waals surface area (Å²) in [6.07, 6.45) is 1.79. The first-order chi connectivity index (χ1) is 21.5. The summed E-state index contributed by atoms with van der Waals surface area (Å²) in [7, 11) is 0. The molecule has 0 saturated heterocycles. The zero-order chi connectivity index (χ0) is 33.5. The highest BCUT2D eigenvalue weighted by atomic mass is 16.5. The molecule has 13 heteroatoms. The third-order valence-corrected chi connectivity index (χ3v) is 7.40. The lowest BCUT2D eigenvalue weighted by Gasteiger charge is -2.42. The Kier molecular flexibility index (Phi) is 20.1. The van der Waals surface area contributed by atoms with Crippen molar-refractivity contribution in [1.29, 1.82) is 0 Å². The number of esters is 1. The van der Waals surface area contributed by atoms with E-state index in [1.54, 1.807) is 0 Å². The number of hydrogen-bond acceptors (Lipinski definition) is 9. The minimum absolute atomic E-state index is 0.0409. The molecule has 0 radical (unpaired) electrons. The van der Waals surface area contributed by atoms with E-state index >= 15 is 0 Å². The van der Waals surface area contributed by atoms with Crippen LogP contribution in [-0.2, 0) is 40.1 Å². The van der Waals surface area contributed by atoms with Gasteiger partial charge in [-0.1, -0.05) is 68.9 Å². The summed E-state index contributed by atoms with van der Waals surface area (Å²) in [5.41, 5.74) is -0.986. The summed E-state index contributed by atoms with van der Waals surface area (Å²) in [5.74, 6) is -4.34. The predicted molar refractivity (Wildman–Crippen MR) is 162 cm³/mol. The second kappa shape index (κ2) is 22.9. The van der Waals surface area contributed by atoms with Gasteiger partial charge < -0.3 is 40.3 Å². The van der Waals surface area contributed by atoms with E-state index in [9.17, 15) is 34.2 Å². The van der Waals surface area contributed by atoms with Crippen LogP contribution in [0, 0.1) is 0 Å². The maximum absolute atomic E-state index is 12.9. The normalized spacial score (nSPS) is 13.7. The summed E-state index contributed by atoms with van der Waals surface area (Å²) in [4.78, 5) is 57.9. The van der Waals surface area contributed by atoms with Crippen LogP contribution in [-0.4, -0.2) is 86.3 Å². The Morgan fingerprint density at radius 2 is 1.16 bits per heavy atom. The van der Waals surface area contributed by atoms with E-state index in [4.69, 9.17) is 24.8 Å². The Bertz CT molecular complexity index is 1010. The number of ether oxygens (including phenoxy) is 2. The summed E-state index contributed by atoms with van der Waals surface area (Å²) in [5, 5.41) is 51.5. The molecule has 13 nitrogen and oxygen atoms in total. The Labute approximate surface area is 263 Å². The van der Waals surface area contributed by atoms with Gasteiger partial charge in [-0.05, 0) is 31.2 Å². The van der Waals surface area contributed by atoms with Gasteiger partial charge in [-0.15, -0.1) is 0 Å². The van der Waals surface area contributed by atoms with Crippen LogP contribution in [0.15, 0.2) is 30.3 Å². The zero-order valence-corrected chi connectivity index (χ0v) is 25.9. The number of hydrogen-bond donors (Lipinski definition) is 6. The summed E-state index contributed by atoms with van der Waals surface area (Å²) >= 11 is 0. The van der Waals surface area contributed by atoms with Gasteiger partial charge in [0.05, 0.1) is 31.8 Å².